The second kappa shape index (κ2) is 5.79. The van der Waals surface area contributed by atoms with E-state index in [2.05, 4.69) is 9.98 Å². The summed E-state index contributed by atoms with van der Waals surface area (Å²) < 4.78 is 1.19. The number of benzene rings is 2. The molecule has 0 bridgehead atoms. The van der Waals surface area contributed by atoms with E-state index in [0.29, 0.717) is 16.4 Å². The minimum atomic E-state index is -0.438. The number of aromatic nitrogens is 2. The smallest absolute Gasteiger partial charge is 0.333 e. The molecule has 0 amide bonds. The molecule has 25 heavy (non-hydrogen) atoms. The number of aliphatic imine (C=N–C) groups is 1. The Morgan fingerprint density at radius 3 is 2.80 bits per heavy atom. The van der Waals surface area contributed by atoms with Crippen molar-refractivity contribution < 1.29 is 5.11 Å². The number of halogens is 1. The van der Waals surface area contributed by atoms with Gasteiger partial charge in [0, 0.05) is 21.9 Å². The monoisotopic (exact) mass is 351 g/mol. The highest BCUT2D eigenvalue weighted by Crippen LogP contribution is 2.36. The second-order valence-corrected chi connectivity index (χ2v) is 6.19. The van der Waals surface area contributed by atoms with E-state index in [-0.39, 0.29) is 5.88 Å². The van der Waals surface area contributed by atoms with Gasteiger partial charge in [0.2, 0.25) is 5.88 Å². The van der Waals surface area contributed by atoms with Crippen molar-refractivity contribution in [2.45, 2.75) is 6.92 Å². The number of imidazole rings is 1. The lowest BCUT2D eigenvalue weighted by atomic mass is 10.0. The van der Waals surface area contributed by atoms with Gasteiger partial charge >= 0.3 is 5.69 Å². The Morgan fingerprint density at radius 1 is 1.20 bits per heavy atom. The molecule has 1 aromatic heterocycles. The molecule has 5 nitrogen and oxygen atoms in total. The summed E-state index contributed by atoms with van der Waals surface area (Å²) in [5.74, 6) is -0.169. The van der Waals surface area contributed by atoms with E-state index < -0.39 is 5.69 Å². The number of hydrogen-bond acceptors (Lipinski definition) is 3. The molecule has 0 atom stereocenters. The van der Waals surface area contributed by atoms with Crippen LogP contribution >= 0.6 is 11.6 Å². The highest BCUT2D eigenvalue weighted by molar-refractivity contribution is 6.31. The third-order valence-electron chi connectivity index (χ3n) is 4.12. The van der Waals surface area contributed by atoms with Crippen LogP contribution in [0.3, 0.4) is 0 Å². The van der Waals surface area contributed by atoms with Gasteiger partial charge in [-0.15, -0.1) is 0 Å². The highest BCUT2D eigenvalue weighted by Gasteiger charge is 2.20. The van der Waals surface area contributed by atoms with E-state index in [0.717, 1.165) is 22.5 Å². The van der Waals surface area contributed by atoms with E-state index in [1.807, 2.05) is 31.2 Å². The van der Waals surface area contributed by atoms with Crippen LogP contribution in [0.1, 0.15) is 18.2 Å². The first kappa shape index (κ1) is 15.5. The largest absolute Gasteiger partial charge is 0.493 e. The number of hydrogen-bond donors (Lipinski definition) is 2. The first-order chi connectivity index (χ1) is 12.0. The maximum atomic E-state index is 12.3. The quantitative estimate of drug-likeness (QED) is 0.727. The topological polar surface area (TPSA) is 70.4 Å². The number of allylic oxidation sites excluding steroid dienone is 1. The van der Waals surface area contributed by atoms with Gasteiger partial charge in [-0.05, 0) is 37.3 Å². The molecule has 1 aliphatic heterocycles. The Kier molecular flexibility index (Phi) is 3.58. The number of fused-ring (bicyclic) bond motifs is 1. The molecular weight excluding hydrogens is 338 g/mol. The number of aromatic hydroxyl groups is 1. The Bertz CT molecular complexity index is 1110. The maximum Gasteiger partial charge on any atom is 0.333 e. The van der Waals surface area contributed by atoms with Crippen LogP contribution in [0.5, 0.6) is 5.88 Å². The van der Waals surface area contributed by atoms with Gasteiger partial charge in [-0.3, -0.25) is 4.99 Å². The molecule has 0 saturated carbocycles. The van der Waals surface area contributed by atoms with Gasteiger partial charge in [0.05, 0.1) is 11.4 Å². The Labute approximate surface area is 148 Å². The number of para-hydroxylation sites is 1. The molecule has 0 aliphatic carbocycles. The summed E-state index contributed by atoms with van der Waals surface area (Å²) in [6.45, 7) is 1.90. The normalized spacial score (nSPS) is 14.6. The zero-order valence-electron chi connectivity index (χ0n) is 13.3. The lowest BCUT2D eigenvalue weighted by Crippen LogP contribution is -2.14. The van der Waals surface area contributed by atoms with Crippen molar-refractivity contribution in [2.24, 2.45) is 4.99 Å². The summed E-state index contributed by atoms with van der Waals surface area (Å²) in [6.07, 6.45) is 1.74. The molecule has 0 unspecified atom stereocenters. The molecule has 1 aliphatic rings. The molecule has 3 aromatic rings. The minimum absolute atomic E-state index is 0.169. The van der Waals surface area contributed by atoms with Crippen LogP contribution in [0.2, 0.25) is 5.02 Å². The summed E-state index contributed by atoms with van der Waals surface area (Å²) in [5.41, 5.74) is 3.92. The summed E-state index contributed by atoms with van der Waals surface area (Å²) in [4.78, 5) is 19.5. The molecule has 2 aromatic carbocycles. The van der Waals surface area contributed by atoms with Crippen molar-refractivity contribution in [3.63, 3.8) is 0 Å². The Morgan fingerprint density at radius 2 is 2.00 bits per heavy atom. The molecule has 0 saturated heterocycles. The van der Waals surface area contributed by atoms with E-state index >= 15 is 0 Å². The fraction of sp³-hybridized carbons (Fsp3) is 0.0526. The maximum absolute atomic E-state index is 12.3. The van der Waals surface area contributed by atoms with Crippen molar-refractivity contribution in [3.8, 4) is 11.6 Å². The van der Waals surface area contributed by atoms with Gasteiger partial charge in [0.1, 0.15) is 5.69 Å². The third kappa shape index (κ3) is 2.58. The molecule has 6 heteroatoms. The zero-order chi connectivity index (χ0) is 17.6. The Hall–Kier alpha value is -3.05. The molecule has 2 N–H and O–H groups in total. The molecule has 0 radical (unpaired) electrons. The molecule has 4 rings (SSSR count). The molecule has 0 spiro atoms. The molecule has 124 valence electrons. The van der Waals surface area contributed by atoms with Crippen molar-refractivity contribution in [3.05, 3.63) is 75.3 Å². The fourth-order valence-corrected chi connectivity index (χ4v) is 3.14. The van der Waals surface area contributed by atoms with Gasteiger partial charge in [-0.25, -0.2) is 9.36 Å². The molecule has 0 fully saturated rings. The summed E-state index contributed by atoms with van der Waals surface area (Å²) in [5, 5.41) is 11.0. The average Bonchev–Trinajstić information content (AvgIpc) is 3.04. The molecular formula is C19H14ClN3O2. The Balaban J connectivity index is 1.85. The third-order valence-corrected chi connectivity index (χ3v) is 4.36. The first-order valence-electron chi connectivity index (χ1n) is 7.71. The lowest BCUT2D eigenvalue weighted by Gasteiger charge is -2.04. The summed E-state index contributed by atoms with van der Waals surface area (Å²) in [6, 6.07) is 14.5. The number of nitrogens with zero attached hydrogens (tertiary/aromatic N) is 2. The van der Waals surface area contributed by atoms with E-state index in [1.54, 1.807) is 30.3 Å². The van der Waals surface area contributed by atoms with Gasteiger partial charge < -0.3 is 10.1 Å². The SMILES string of the molecule is CC1=Nc2ccccc2/C1=C\c1[nH]c(=O)n(-c2cccc(Cl)c2)c1O. The molecule has 2 heterocycles. The van der Waals surface area contributed by atoms with Crippen LogP contribution in [0, 0.1) is 0 Å². The van der Waals surface area contributed by atoms with Gasteiger partial charge in [0.15, 0.2) is 0 Å². The van der Waals surface area contributed by atoms with Crippen LogP contribution in [0.25, 0.3) is 17.3 Å². The van der Waals surface area contributed by atoms with Crippen molar-refractivity contribution in [2.75, 3.05) is 0 Å². The summed E-state index contributed by atoms with van der Waals surface area (Å²) >= 11 is 5.98. The van der Waals surface area contributed by atoms with E-state index in [4.69, 9.17) is 11.6 Å². The van der Waals surface area contributed by atoms with Gasteiger partial charge in [-0.2, -0.15) is 0 Å². The number of H-pyrrole nitrogens is 1. The van der Waals surface area contributed by atoms with Crippen LogP contribution < -0.4 is 5.69 Å². The van der Waals surface area contributed by atoms with E-state index in [1.165, 1.54) is 4.57 Å². The van der Waals surface area contributed by atoms with E-state index in [9.17, 15) is 9.90 Å². The van der Waals surface area contributed by atoms with Crippen molar-refractivity contribution in [1.82, 2.24) is 9.55 Å². The van der Waals surface area contributed by atoms with Crippen LogP contribution in [0.15, 0.2) is 58.3 Å². The number of nitrogens with one attached hydrogen (secondary N) is 1. The lowest BCUT2D eigenvalue weighted by molar-refractivity contribution is 0.440. The predicted octanol–water partition coefficient (Wildman–Crippen LogP) is 4.17. The number of aromatic amines is 1. The fourth-order valence-electron chi connectivity index (χ4n) is 2.96. The van der Waals surface area contributed by atoms with Crippen LogP contribution in [-0.2, 0) is 0 Å². The zero-order valence-corrected chi connectivity index (χ0v) is 14.1. The minimum Gasteiger partial charge on any atom is -0.493 e. The second-order valence-electron chi connectivity index (χ2n) is 5.76. The standard InChI is InChI=1S/C19H14ClN3O2/c1-11-15(14-7-2-3-8-16(14)21-11)10-17-18(24)23(19(25)22-17)13-6-4-5-12(20)9-13/h2-10,24H,1H3,(H,22,25)/b15-10-. The van der Waals surface area contributed by atoms with Gasteiger partial charge in [0.25, 0.3) is 0 Å². The van der Waals surface area contributed by atoms with Crippen LogP contribution in [-0.4, -0.2) is 20.4 Å². The van der Waals surface area contributed by atoms with Crippen molar-refractivity contribution >= 4 is 34.6 Å². The van der Waals surface area contributed by atoms with Crippen LogP contribution in [0.4, 0.5) is 5.69 Å². The van der Waals surface area contributed by atoms with Crippen molar-refractivity contribution in [1.29, 1.82) is 0 Å². The van der Waals surface area contributed by atoms with Gasteiger partial charge in [-0.1, -0.05) is 35.9 Å². The highest BCUT2D eigenvalue weighted by atomic mass is 35.5. The predicted molar refractivity (Wildman–Crippen MR) is 100 cm³/mol. The number of rotatable bonds is 2. The average molecular weight is 352 g/mol. The summed E-state index contributed by atoms with van der Waals surface area (Å²) in [7, 11) is 0. The first-order valence-corrected chi connectivity index (χ1v) is 8.09.